The number of carbonyl (C=O) groups is 2. The predicted octanol–water partition coefficient (Wildman–Crippen LogP) is 5.46. The van der Waals surface area contributed by atoms with E-state index in [0.717, 1.165) is 65.6 Å². The summed E-state index contributed by atoms with van der Waals surface area (Å²) in [5.74, 6) is -1.94. The highest BCUT2D eigenvalue weighted by Gasteiger charge is 2.27. The van der Waals surface area contributed by atoms with Crippen LogP contribution in [0.15, 0.2) is 66.2 Å². The van der Waals surface area contributed by atoms with E-state index in [1.807, 2.05) is 28.6 Å². The second kappa shape index (κ2) is 11.4. The average Bonchev–Trinajstić information content (AvgIpc) is 3.38. The molecule has 0 fully saturated rings. The number of para-hydroxylation sites is 1. The van der Waals surface area contributed by atoms with Crippen LogP contribution in [-0.4, -0.2) is 36.6 Å². The number of nitrogens with zero attached hydrogens (tertiary/aromatic N) is 3. The van der Waals surface area contributed by atoms with Gasteiger partial charge in [0.1, 0.15) is 17.7 Å². The summed E-state index contributed by atoms with van der Waals surface area (Å²) in [4.78, 5) is 32.2. The first kappa shape index (κ1) is 25.9. The number of amides is 3. The van der Waals surface area contributed by atoms with Crippen LogP contribution >= 0.6 is 23.5 Å². The lowest BCUT2D eigenvalue weighted by molar-refractivity contribution is -0.120. The van der Waals surface area contributed by atoms with Crippen molar-refractivity contribution in [2.75, 3.05) is 22.8 Å². The Morgan fingerprint density at radius 1 is 1.13 bits per heavy atom. The van der Waals surface area contributed by atoms with Gasteiger partial charge in [0.15, 0.2) is 0 Å². The maximum atomic E-state index is 13.9. The molecule has 0 radical (unpaired) electrons. The molecule has 1 aliphatic heterocycles. The van der Waals surface area contributed by atoms with Gasteiger partial charge in [0.25, 0.3) is 0 Å². The van der Waals surface area contributed by atoms with E-state index in [-0.39, 0.29) is 12.0 Å². The molecule has 0 spiro atoms. The molecule has 0 aliphatic carbocycles. The molecule has 1 aromatic heterocycles. The minimum Gasteiger partial charge on any atom is -0.325 e. The molecule has 2 N–H and O–H groups in total. The minimum atomic E-state index is -1.08. The third-order valence-electron chi connectivity index (χ3n) is 6.31. The maximum Gasteiger partial charge on any atom is 0.326 e. The number of anilines is 2. The zero-order valence-corrected chi connectivity index (χ0v) is 22.1. The van der Waals surface area contributed by atoms with Crippen LogP contribution in [0.25, 0.3) is 10.2 Å². The summed E-state index contributed by atoms with van der Waals surface area (Å²) in [5.41, 5.74) is 5.55. The van der Waals surface area contributed by atoms with Crippen molar-refractivity contribution in [1.29, 1.82) is 0 Å². The van der Waals surface area contributed by atoms with E-state index in [0.29, 0.717) is 5.69 Å². The van der Waals surface area contributed by atoms with Crippen LogP contribution in [0, 0.1) is 11.6 Å². The second-order valence-corrected chi connectivity index (χ2v) is 10.7. The molecule has 3 amide bonds. The number of carbonyl (C=O) groups excluding carboxylic acids is 2. The molecule has 1 unspecified atom stereocenters. The molecule has 7 nitrogen and oxygen atoms in total. The number of rotatable bonds is 7. The first-order valence-electron chi connectivity index (χ1n) is 12.0. The Labute approximate surface area is 227 Å². The lowest BCUT2D eigenvalue weighted by Gasteiger charge is -2.30. The highest BCUT2D eigenvalue weighted by atomic mass is 32.2. The van der Waals surface area contributed by atoms with Crippen LogP contribution in [-0.2, 0) is 17.6 Å². The predicted molar refractivity (Wildman–Crippen MR) is 148 cm³/mol. The fraction of sp³-hybridized carbons (Fsp3) is 0.222. The van der Waals surface area contributed by atoms with Crippen molar-refractivity contribution >= 4 is 57.0 Å². The molecule has 0 saturated heterocycles. The summed E-state index contributed by atoms with van der Waals surface area (Å²) in [5, 5.41) is 2.70. The number of urea groups is 1. The molecule has 5 rings (SSSR count). The van der Waals surface area contributed by atoms with E-state index >= 15 is 0 Å². The van der Waals surface area contributed by atoms with Gasteiger partial charge in [-0.3, -0.25) is 13.8 Å². The highest BCUT2D eigenvalue weighted by Crippen LogP contribution is 2.30. The third kappa shape index (κ3) is 5.89. The fourth-order valence-corrected chi connectivity index (χ4v) is 5.87. The minimum absolute atomic E-state index is 0.0958. The molecular weight excluding hydrogens is 528 g/mol. The number of fused-ring (bicyclic) bond motifs is 2. The van der Waals surface area contributed by atoms with E-state index in [1.165, 1.54) is 21.8 Å². The largest absolute Gasteiger partial charge is 0.326 e. The Hall–Kier alpha value is -3.70. The van der Waals surface area contributed by atoms with Gasteiger partial charge in [-0.05, 0) is 60.4 Å². The van der Waals surface area contributed by atoms with E-state index in [9.17, 15) is 18.4 Å². The molecule has 196 valence electrons. The van der Waals surface area contributed by atoms with E-state index in [1.54, 1.807) is 24.7 Å². The first-order valence-corrected chi connectivity index (χ1v) is 13.7. The normalized spacial score (nSPS) is 13.6. The number of thiazole rings is 1. The smallest absolute Gasteiger partial charge is 0.325 e. The molecule has 1 atom stereocenters. The van der Waals surface area contributed by atoms with Crippen molar-refractivity contribution in [1.82, 2.24) is 15.0 Å². The van der Waals surface area contributed by atoms with Gasteiger partial charge in [-0.25, -0.2) is 18.6 Å². The van der Waals surface area contributed by atoms with Gasteiger partial charge in [0.05, 0.1) is 33.5 Å². The van der Waals surface area contributed by atoms with E-state index in [4.69, 9.17) is 0 Å². The number of halogens is 2. The number of aromatic nitrogens is 1. The van der Waals surface area contributed by atoms with E-state index in [2.05, 4.69) is 21.1 Å². The Bertz CT molecular complexity index is 1460. The van der Waals surface area contributed by atoms with Gasteiger partial charge in [0.2, 0.25) is 5.91 Å². The standard InChI is InChI=1S/C27H25F2N5O2S2/c1-33(21-8-9-25-22(15-21)30-16-37-25)26(35)23(13-17-11-19(28)14-20(29)12-17)31-27(36)32-38-34-10-4-6-18-5-2-3-7-24(18)34/h2-3,5,7-9,11-12,14-16,23H,4,6,10,13H2,1H3,(H2,31,32,36). The van der Waals surface area contributed by atoms with Gasteiger partial charge < -0.3 is 10.2 Å². The second-order valence-electron chi connectivity index (χ2n) is 8.94. The monoisotopic (exact) mass is 553 g/mol. The number of nitrogens with one attached hydrogen (secondary N) is 2. The quantitative estimate of drug-likeness (QED) is 0.297. The van der Waals surface area contributed by atoms with Gasteiger partial charge in [-0.15, -0.1) is 11.3 Å². The van der Waals surface area contributed by atoms with Gasteiger partial charge in [0, 0.05) is 31.8 Å². The summed E-state index contributed by atoms with van der Waals surface area (Å²) >= 11 is 2.63. The van der Waals surface area contributed by atoms with Crippen molar-refractivity contribution in [3.8, 4) is 0 Å². The van der Waals surface area contributed by atoms with Crippen LogP contribution in [0.4, 0.5) is 25.0 Å². The Balaban J connectivity index is 1.32. The number of hydrogen-bond acceptors (Lipinski definition) is 6. The van der Waals surface area contributed by atoms with Gasteiger partial charge in [-0.1, -0.05) is 18.2 Å². The van der Waals surface area contributed by atoms with Crippen molar-refractivity contribution in [2.24, 2.45) is 0 Å². The SMILES string of the molecule is CN(C(=O)C(Cc1cc(F)cc(F)c1)NC(=O)NSN1CCCc2ccccc21)c1ccc2scnc2c1. The van der Waals surface area contributed by atoms with E-state index < -0.39 is 29.6 Å². The van der Waals surface area contributed by atoms with Gasteiger partial charge in [-0.2, -0.15) is 0 Å². The number of aryl methyl sites for hydroxylation is 1. The lowest BCUT2D eigenvalue weighted by atomic mass is 10.0. The van der Waals surface area contributed by atoms with Crippen molar-refractivity contribution in [3.63, 3.8) is 0 Å². The Kier molecular flexibility index (Phi) is 7.75. The van der Waals surface area contributed by atoms with Crippen LogP contribution in [0.1, 0.15) is 17.5 Å². The maximum absolute atomic E-state index is 13.9. The van der Waals surface area contributed by atoms with Crippen molar-refractivity contribution in [2.45, 2.75) is 25.3 Å². The summed E-state index contributed by atoms with van der Waals surface area (Å²) in [6.45, 7) is 0.759. The third-order valence-corrected chi connectivity index (χ3v) is 8.00. The Morgan fingerprint density at radius 3 is 2.74 bits per heavy atom. The molecule has 4 aromatic rings. The zero-order valence-electron chi connectivity index (χ0n) is 20.5. The number of likely N-dealkylation sites (N-methyl/N-ethyl adjacent to an activating group) is 1. The van der Waals surface area contributed by atoms with Crippen molar-refractivity contribution in [3.05, 3.63) is 88.9 Å². The Morgan fingerprint density at radius 2 is 1.92 bits per heavy atom. The zero-order chi connectivity index (χ0) is 26.6. The number of hydrogen-bond donors (Lipinski definition) is 2. The summed E-state index contributed by atoms with van der Waals surface area (Å²) in [7, 11) is 1.59. The molecular formula is C27H25F2N5O2S2. The molecule has 0 bridgehead atoms. The van der Waals surface area contributed by atoms with Crippen LogP contribution < -0.4 is 19.2 Å². The van der Waals surface area contributed by atoms with Crippen molar-refractivity contribution < 1.29 is 18.4 Å². The topological polar surface area (TPSA) is 77.6 Å². The van der Waals surface area contributed by atoms with Crippen LogP contribution in [0.5, 0.6) is 0 Å². The molecule has 38 heavy (non-hydrogen) atoms. The van der Waals surface area contributed by atoms with Gasteiger partial charge >= 0.3 is 6.03 Å². The molecule has 0 saturated carbocycles. The summed E-state index contributed by atoms with van der Waals surface area (Å²) in [6.07, 6.45) is 1.83. The average molecular weight is 554 g/mol. The molecule has 2 heterocycles. The molecule has 11 heteroatoms. The molecule has 3 aromatic carbocycles. The van der Waals surface area contributed by atoms with Crippen LogP contribution in [0.2, 0.25) is 0 Å². The van der Waals surface area contributed by atoms with Crippen LogP contribution in [0.3, 0.4) is 0 Å². The number of benzene rings is 3. The summed E-state index contributed by atoms with van der Waals surface area (Å²) in [6, 6.07) is 14.9. The summed E-state index contributed by atoms with van der Waals surface area (Å²) < 4.78 is 33.5. The molecule has 1 aliphatic rings. The highest BCUT2D eigenvalue weighted by molar-refractivity contribution is 7.99. The fourth-order valence-electron chi connectivity index (χ4n) is 4.46. The first-order chi connectivity index (χ1) is 18.4. The lowest BCUT2D eigenvalue weighted by Crippen LogP contribution is -2.51.